The van der Waals surface area contributed by atoms with Crippen LogP contribution < -0.4 is 4.90 Å². The van der Waals surface area contributed by atoms with Gasteiger partial charge in [0.25, 0.3) is 0 Å². The van der Waals surface area contributed by atoms with Crippen molar-refractivity contribution in [1.82, 2.24) is 14.7 Å². The molecule has 6 nitrogen and oxygen atoms in total. The molecule has 0 unspecified atom stereocenters. The lowest BCUT2D eigenvalue weighted by Gasteiger charge is -2.48. The average Bonchev–Trinajstić information content (AvgIpc) is 3.06. The number of halogens is 2. The van der Waals surface area contributed by atoms with Crippen LogP contribution in [0, 0.1) is 0 Å². The van der Waals surface area contributed by atoms with Gasteiger partial charge in [0.1, 0.15) is 0 Å². The van der Waals surface area contributed by atoms with Crippen molar-refractivity contribution in [1.29, 1.82) is 0 Å². The third-order valence-corrected chi connectivity index (χ3v) is 5.28. The summed E-state index contributed by atoms with van der Waals surface area (Å²) in [6.07, 6.45) is 0.843. The van der Waals surface area contributed by atoms with Gasteiger partial charge in [-0.15, -0.1) is 0 Å². The second-order valence-corrected chi connectivity index (χ2v) is 7.33. The smallest absolute Gasteiger partial charge is 0.304 e. The summed E-state index contributed by atoms with van der Waals surface area (Å²) in [6.45, 7) is 2.12. The second-order valence-electron chi connectivity index (χ2n) is 7.33. The number of likely N-dealkylation sites (tertiary alicyclic amines) is 1. The Labute approximate surface area is 156 Å². The quantitative estimate of drug-likeness (QED) is 0.826. The lowest BCUT2D eigenvalue weighted by atomic mass is 9.88. The van der Waals surface area contributed by atoms with Crippen molar-refractivity contribution in [3.05, 3.63) is 48.3 Å². The zero-order valence-corrected chi connectivity index (χ0v) is 15.1. The van der Waals surface area contributed by atoms with Crippen LogP contribution in [0.25, 0.3) is 0 Å². The number of para-hydroxylation sites is 1. The minimum atomic E-state index is -3.81. The largest absolute Gasteiger partial charge is 0.437 e. The number of morpholine rings is 1. The topological polar surface area (TPSA) is 50.6 Å². The Hall–Kier alpha value is -2.32. The van der Waals surface area contributed by atoms with Crippen molar-refractivity contribution in [3.8, 4) is 0 Å². The number of ether oxygens (including phenoxy) is 1. The van der Waals surface area contributed by atoms with Gasteiger partial charge in [-0.3, -0.25) is 14.4 Å². The summed E-state index contributed by atoms with van der Waals surface area (Å²) >= 11 is 0. The Kier molecular flexibility index (Phi) is 4.47. The Morgan fingerprint density at radius 2 is 1.89 bits per heavy atom. The first kappa shape index (κ1) is 18.1. The van der Waals surface area contributed by atoms with Crippen molar-refractivity contribution in [3.63, 3.8) is 0 Å². The monoisotopic (exact) mass is 376 g/mol. The molecule has 2 fully saturated rings. The highest BCUT2D eigenvalue weighted by Crippen LogP contribution is 2.40. The van der Waals surface area contributed by atoms with Gasteiger partial charge in [0.2, 0.25) is 0 Å². The van der Waals surface area contributed by atoms with Crippen LogP contribution in [0.1, 0.15) is 18.4 Å². The summed E-state index contributed by atoms with van der Waals surface area (Å²) in [6, 6.07) is 8.60. The number of hydrogen-bond donors (Lipinski definition) is 0. The number of aromatic nitrogens is 2. The molecule has 144 valence electrons. The summed E-state index contributed by atoms with van der Waals surface area (Å²) < 4.78 is 35.6. The Morgan fingerprint density at radius 3 is 2.52 bits per heavy atom. The maximum Gasteiger partial charge on any atom is 0.437 e. The van der Waals surface area contributed by atoms with Crippen LogP contribution >= 0.6 is 0 Å². The van der Waals surface area contributed by atoms with E-state index >= 15 is 0 Å². The van der Waals surface area contributed by atoms with E-state index in [9.17, 15) is 13.6 Å². The van der Waals surface area contributed by atoms with Gasteiger partial charge in [-0.1, -0.05) is 18.2 Å². The number of carbonyl (C=O) groups is 1. The fourth-order valence-corrected chi connectivity index (χ4v) is 3.87. The number of nitrogens with zero attached hydrogens (tertiary/aromatic N) is 4. The summed E-state index contributed by atoms with van der Waals surface area (Å²) in [4.78, 5) is 15.6. The van der Waals surface area contributed by atoms with E-state index in [2.05, 4.69) is 10.00 Å². The molecular weight excluding hydrogens is 354 g/mol. The highest BCUT2D eigenvalue weighted by atomic mass is 19.3. The fourth-order valence-electron chi connectivity index (χ4n) is 3.87. The Balaban J connectivity index is 1.49. The summed E-state index contributed by atoms with van der Waals surface area (Å²) in [7, 11) is 1.86. The van der Waals surface area contributed by atoms with Crippen LogP contribution in [0.2, 0.25) is 0 Å². The standard InChI is InChI=1S/C19H22F2N4O2/c1-23-12-15(11-22-23)13-24-9-7-18(8-10-24)14-25(16-5-3-2-4-6-16)17(26)19(20,21)27-18/h2-6,11-12H,7-10,13-14H2,1H3. The van der Waals surface area contributed by atoms with Crippen LogP contribution in [0.15, 0.2) is 42.7 Å². The molecule has 0 N–H and O–H groups in total. The van der Waals surface area contributed by atoms with Crippen molar-refractivity contribution < 1.29 is 18.3 Å². The van der Waals surface area contributed by atoms with E-state index in [4.69, 9.17) is 4.74 Å². The molecule has 3 heterocycles. The molecule has 2 aliphatic rings. The summed E-state index contributed by atoms with van der Waals surface area (Å²) in [5, 5.41) is 4.16. The van der Waals surface area contributed by atoms with Crippen LogP contribution in [0.5, 0.6) is 0 Å². The summed E-state index contributed by atoms with van der Waals surface area (Å²) in [5.74, 6) is -1.29. The molecule has 2 aromatic rings. The van der Waals surface area contributed by atoms with Crippen molar-refractivity contribution in [2.24, 2.45) is 7.05 Å². The maximum absolute atomic E-state index is 14.4. The minimum absolute atomic E-state index is 0.145. The van der Waals surface area contributed by atoms with Crippen LogP contribution in [0.4, 0.5) is 14.5 Å². The van der Waals surface area contributed by atoms with Gasteiger partial charge in [-0.05, 0) is 25.0 Å². The number of carbonyl (C=O) groups excluding carboxylic acids is 1. The predicted octanol–water partition coefficient (Wildman–Crippen LogP) is 2.41. The molecule has 0 bridgehead atoms. The van der Waals surface area contributed by atoms with Gasteiger partial charge in [0.15, 0.2) is 0 Å². The molecule has 0 atom stereocenters. The first-order valence-corrected chi connectivity index (χ1v) is 9.02. The van der Waals surface area contributed by atoms with E-state index in [1.54, 1.807) is 35.0 Å². The molecule has 4 rings (SSSR count). The number of rotatable bonds is 3. The van der Waals surface area contributed by atoms with E-state index in [1.165, 1.54) is 4.90 Å². The number of anilines is 1. The first-order valence-electron chi connectivity index (χ1n) is 9.02. The van der Waals surface area contributed by atoms with Gasteiger partial charge in [0.05, 0.1) is 18.3 Å². The molecule has 27 heavy (non-hydrogen) atoms. The van der Waals surface area contributed by atoms with Gasteiger partial charge >= 0.3 is 12.0 Å². The third kappa shape index (κ3) is 3.59. The Morgan fingerprint density at radius 1 is 1.19 bits per heavy atom. The van der Waals surface area contributed by atoms with Crippen LogP contribution in [-0.4, -0.2) is 51.9 Å². The predicted molar refractivity (Wildman–Crippen MR) is 95.3 cm³/mol. The zero-order chi connectivity index (χ0) is 19.1. The van der Waals surface area contributed by atoms with E-state index in [1.807, 2.05) is 19.4 Å². The van der Waals surface area contributed by atoms with Crippen LogP contribution in [-0.2, 0) is 23.1 Å². The van der Waals surface area contributed by atoms with Crippen LogP contribution in [0.3, 0.4) is 0 Å². The number of benzene rings is 1. The zero-order valence-electron chi connectivity index (χ0n) is 15.1. The molecule has 1 aromatic heterocycles. The van der Waals surface area contributed by atoms with Crippen molar-refractivity contribution >= 4 is 11.6 Å². The Bertz CT molecular complexity index is 816. The molecule has 2 aliphatic heterocycles. The fraction of sp³-hybridized carbons (Fsp3) is 0.474. The van der Waals surface area contributed by atoms with Gasteiger partial charge < -0.3 is 9.64 Å². The molecule has 1 aromatic carbocycles. The number of piperidine rings is 1. The van der Waals surface area contributed by atoms with E-state index in [0.717, 1.165) is 12.1 Å². The number of aryl methyl sites for hydroxylation is 1. The van der Waals surface area contributed by atoms with Gasteiger partial charge in [0, 0.05) is 44.1 Å². The molecule has 2 saturated heterocycles. The number of amides is 1. The highest BCUT2D eigenvalue weighted by Gasteiger charge is 2.57. The molecule has 1 spiro atoms. The number of alkyl halides is 2. The highest BCUT2D eigenvalue weighted by molar-refractivity contribution is 5.98. The second kappa shape index (κ2) is 6.69. The molecule has 0 radical (unpaired) electrons. The summed E-state index contributed by atoms with van der Waals surface area (Å²) in [5.41, 5.74) is 0.533. The van der Waals surface area contributed by atoms with E-state index < -0.39 is 17.6 Å². The van der Waals surface area contributed by atoms with Gasteiger partial charge in [-0.25, -0.2) is 0 Å². The first-order chi connectivity index (χ1) is 12.9. The molecule has 0 aliphatic carbocycles. The maximum atomic E-state index is 14.4. The average molecular weight is 376 g/mol. The molecular formula is C19H22F2N4O2. The lowest BCUT2D eigenvalue weighted by molar-refractivity contribution is -0.293. The van der Waals surface area contributed by atoms with Crippen molar-refractivity contribution in [2.45, 2.75) is 31.1 Å². The van der Waals surface area contributed by atoms with E-state index in [0.29, 0.717) is 31.6 Å². The molecule has 0 saturated carbocycles. The molecule has 8 heteroatoms. The van der Waals surface area contributed by atoms with Gasteiger partial charge in [-0.2, -0.15) is 13.9 Å². The normalized spacial score (nSPS) is 22.3. The number of hydrogen-bond acceptors (Lipinski definition) is 4. The SMILES string of the molecule is Cn1cc(CN2CCC3(CC2)CN(c2ccccc2)C(=O)C(F)(F)O3)cn1. The molecule has 1 amide bonds. The third-order valence-electron chi connectivity index (χ3n) is 5.28. The lowest BCUT2D eigenvalue weighted by Crippen LogP contribution is -2.64. The van der Waals surface area contributed by atoms with E-state index in [-0.39, 0.29) is 6.54 Å². The minimum Gasteiger partial charge on any atom is -0.304 e. The van der Waals surface area contributed by atoms with Crippen molar-refractivity contribution in [2.75, 3.05) is 24.5 Å².